The highest BCUT2D eigenvalue weighted by Crippen LogP contribution is 2.32. The van der Waals surface area contributed by atoms with E-state index < -0.39 is 0 Å². The van der Waals surface area contributed by atoms with E-state index in [-0.39, 0.29) is 24.8 Å². The summed E-state index contributed by atoms with van der Waals surface area (Å²) in [5.41, 5.74) is 1.48. The summed E-state index contributed by atoms with van der Waals surface area (Å²) in [6.07, 6.45) is 1.22. The lowest BCUT2D eigenvalue weighted by Gasteiger charge is -2.38. The molecule has 2 nitrogen and oxygen atoms in total. The van der Waals surface area contributed by atoms with Gasteiger partial charge in [0.2, 0.25) is 0 Å². The summed E-state index contributed by atoms with van der Waals surface area (Å²) in [5, 5.41) is 6.16. The number of nitrogens with one attached hydrogen (secondary N) is 1. The molecule has 1 aliphatic heterocycles. The first kappa shape index (κ1) is 20.2. The molecule has 0 aromatic heterocycles. The number of hydrogen-bond donors (Lipinski definition) is 1. The molecule has 0 radical (unpaired) electrons. The molecule has 1 fully saturated rings. The van der Waals surface area contributed by atoms with Gasteiger partial charge in [0.25, 0.3) is 0 Å². The van der Waals surface area contributed by atoms with E-state index in [4.69, 9.17) is 0 Å². The molecule has 2 aromatic rings. The van der Waals surface area contributed by atoms with E-state index in [0.717, 1.165) is 26.2 Å². The predicted octanol–water partition coefficient (Wildman–Crippen LogP) is 4.68. The lowest BCUT2D eigenvalue weighted by Crippen LogP contribution is -2.46. The van der Waals surface area contributed by atoms with Crippen molar-refractivity contribution in [2.45, 2.75) is 26.3 Å². The van der Waals surface area contributed by atoms with Gasteiger partial charge in [-0.15, -0.1) is 24.8 Å². The maximum atomic E-state index is 3.47. The Morgan fingerprint density at radius 3 is 2.30 bits per heavy atom. The first-order chi connectivity index (χ1) is 10.3. The quantitative estimate of drug-likeness (QED) is 0.857. The molecule has 1 saturated heterocycles. The van der Waals surface area contributed by atoms with Gasteiger partial charge in [-0.1, -0.05) is 56.7 Å². The van der Waals surface area contributed by atoms with Gasteiger partial charge in [-0.2, -0.15) is 0 Å². The molecule has 0 spiro atoms. The van der Waals surface area contributed by atoms with Crippen LogP contribution in [-0.2, 0) is 0 Å². The SMILES string of the molecule is CCC(C)[C@@H](c1ccc2ccccc2c1)N1CCNCC1.Cl.Cl. The minimum absolute atomic E-state index is 0. The molecule has 2 atom stereocenters. The van der Waals surface area contributed by atoms with Gasteiger partial charge in [-0.05, 0) is 28.3 Å². The first-order valence-corrected chi connectivity index (χ1v) is 8.23. The minimum atomic E-state index is 0. The molecule has 128 valence electrons. The van der Waals surface area contributed by atoms with Crippen molar-refractivity contribution < 1.29 is 0 Å². The Bertz CT molecular complexity index is 597. The van der Waals surface area contributed by atoms with Crippen molar-refractivity contribution in [2.75, 3.05) is 26.2 Å². The highest BCUT2D eigenvalue weighted by Gasteiger charge is 2.26. The zero-order chi connectivity index (χ0) is 14.7. The molecule has 0 aliphatic carbocycles. The van der Waals surface area contributed by atoms with E-state index in [1.54, 1.807) is 0 Å². The topological polar surface area (TPSA) is 15.3 Å². The van der Waals surface area contributed by atoms with Crippen LogP contribution in [0, 0.1) is 5.92 Å². The highest BCUT2D eigenvalue weighted by atomic mass is 35.5. The summed E-state index contributed by atoms with van der Waals surface area (Å²) >= 11 is 0. The van der Waals surface area contributed by atoms with Gasteiger partial charge in [0.1, 0.15) is 0 Å². The van der Waals surface area contributed by atoms with Crippen LogP contribution in [0.4, 0.5) is 0 Å². The van der Waals surface area contributed by atoms with Crippen LogP contribution in [0.3, 0.4) is 0 Å². The zero-order valence-corrected chi connectivity index (χ0v) is 15.6. The zero-order valence-electron chi connectivity index (χ0n) is 14.0. The van der Waals surface area contributed by atoms with Crippen molar-refractivity contribution in [1.82, 2.24) is 10.2 Å². The molecule has 1 N–H and O–H groups in total. The first-order valence-electron chi connectivity index (χ1n) is 8.23. The van der Waals surface area contributed by atoms with Crippen molar-refractivity contribution in [3.63, 3.8) is 0 Å². The van der Waals surface area contributed by atoms with Gasteiger partial charge in [-0.3, -0.25) is 4.90 Å². The van der Waals surface area contributed by atoms with Gasteiger partial charge < -0.3 is 5.32 Å². The van der Waals surface area contributed by atoms with Crippen molar-refractivity contribution in [3.8, 4) is 0 Å². The second kappa shape index (κ2) is 9.48. The monoisotopic (exact) mass is 354 g/mol. The van der Waals surface area contributed by atoms with E-state index in [1.807, 2.05) is 0 Å². The van der Waals surface area contributed by atoms with E-state index in [9.17, 15) is 0 Å². The second-order valence-electron chi connectivity index (χ2n) is 6.22. The van der Waals surface area contributed by atoms with Gasteiger partial charge in [0.15, 0.2) is 0 Å². The van der Waals surface area contributed by atoms with Gasteiger partial charge in [-0.25, -0.2) is 0 Å². The molecule has 1 heterocycles. The number of nitrogens with zero attached hydrogens (tertiary/aromatic N) is 1. The van der Waals surface area contributed by atoms with Crippen LogP contribution in [-0.4, -0.2) is 31.1 Å². The van der Waals surface area contributed by atoms with E-state index in [2.05, 4.69) is 66.5 Å². The molecular weight excluding hydrogens is 327 g/mol. The number of hydrogen-bond acceptors (Lipinski definition) is 2. The van der Waals surface area contributed by atoms with Crippen molar-refractivity contribution in [3.05, 3.63) is 48.0 Å². The van der Waals surface area contributed by atoms with Crippen LogP contribution < -0.4 is 5.32 Å². The lowest BCUT2D eigenvalue weighted by molar-refractivity contribution is 0.128. The molecule has 0 bridgehead atoms. The third-order valence-corrected chi connectivity index (χ3v) is 4.84. The number of fused-ring (bicyclic) bond motifs is 1. The molecule has 4 heteroatoms. The van der Waals surface area contributed by atoms with Crippen LogP contribution >= 0.6 is 24.8 Å². The van der Waals surface area contributed by atoms with Crippen molar-refractivity contribution in [2.24, 2.45) is 5.92 Å². The normalized spacial score (nSPS) is 17.8. The molecular formula is C19H28Cl2N2. The van der Waals surface area contributed by atoms with Crippen LogP contribution in [0.2, 0.25) is 0 Å². The van der Waals surface area contributed by atoms with Gasteiger partial charge in [0.05, 0.1) is 0 Å². The maximum Gasteiger partial charge on any atom is 0.0374 e. The van der Waals surface area contributed by atoms with Gasteiger partial charge >= 0.3 is 0 Å². The fraction of sp³-hybridized carbons (Fsp3) is 0.474. The van der Waals surface area contributed by atoms with Gasteiger partial charge in [0, 0.05) is 32.2 Å². The van der Waals surface area contributed by atoms with E-state index in [1.165, 1.54) is 22.8 Å². The van der Waals surface area contributed by atoms with E-state index >= 15 is 0 Å². The van der Waals surface area contributed by atoms with Crippen LogP contribution in [0.15, 0.2) is 42.5 Å². The fourth-order valence-electron chi connectivity index (χ4n) is 3.47. The average molecular weight is 355 g/mol. The van der Waals surface area contributed by atoms with E-state index in [0.29, 0.717) is 12.0 Å². The molecule has 0 saturated carbocycles. The Morgan fingerprint density at radius 2 is 1.65 bits per heavy atom. The summed E-state index contributed by atoms with van der Waals surface area (Å²) in [6.45, 7) is 9.23. The molecule has 1 unspecified atom stereocenters. The predicted molar refractivity (Wildman–Crippen MR) is 105 cm³/mol. The van der Waals surface area contributed by atoms with Crippen molar-refractivity contribution in [1.29, 1.82) is 0 Å². The number of piperazine rings is 1. The van der Waals surface area contributed by atoms with Crippen LogP contribution in [0.25, 0.3) is 10.8 Å². The Morgan fingerprint density at radius 1 is 1.00 bits per heavy atom. The second-order valence-corrected chi connectivity index (χ2v) is 6.22. The van der Waals surface area contributed by atoms with Crippen LogP contribution in [0.1, 0.15) is 31.9 Å². The largest absolute Gasteiger partial charge is 0.314 e. The summed E-state index contributed by atoms with van der Waals surface area (Å²) in [6, 6.07) is 16.2. The Balaban J connectivity index is 0.00000132. The lowest BCUT2D eigenvalue weighted by atomic mass is 9.89. The smallest absolute Gasteiger partial charge is 0.0374 e. The molecule has 1 aliphatic rings. The molecule has 23 heavy (non-hydrogen) atoms. The summed E-state index contributed by atoms with van der Waals surface area (Å²) < 4.78 is 0. The van der Waals surface area contributed by atoms with Crippen molar-refractivity contribution >= 4 is 35.6 Å². The Hall–Kier alpha value is -0.800. The summed E-state index contributed by atoms with van der Waals surface area (Å²) in [7, 11) is 0. The average Bonchev–Trinajstić information content (AvgIpc) is 2.56. The summed E-state index contributed by atoms with van der Waals surface area (Å²) in [4.78, 5) is 2.66. The Kier molecular flexibility index (Phi) is 8.35. The molecule has 3 rings (SSSR count). The molecule has 2 aromatic carbocycles. The molecule has 0 amide bonds. The number of rotatable bonds is 4. The standard InChI is InChI=1S/C19H26N2.2ClH/c1-3-15(2)19(21-12-10-20-11-13-21)18-9-8-16-6-4-5-7-17(16)14-18;;/h4-9,14-15,19-20H,3,10-13H2,1-2H3;2*1H/t15?,19-;;/m0../s1. The summed E-state index contributed by atoms with van der Waals surface area (Å²) in [5.74, 6) is 0.685. The Labute approximate surface area is 152 Å². The van der Waals surface area contributed by atoms with Crippen LogP contribution in [0.5, 0.6) is 0 Å². The fourth-order valence-corrected chi connectivity index (χ4v) is 3.47. The number of benzene rings is 2. The third kappa shape index (κ3) is 4.60. The number of halogens is 2. The highest BCUT2D eigenvalue weighted by molar-refractivity contribution is 5.85. The minimum Gasteiger partial charge on any atom is -0.314 e. The third-order valence-electron chi connectivity index (χ3n) is 4.84. The maximum absolute atomic E-state index is 3.47.